The summed E-state index contributed by atoms with van der Waals surface area (Å²) in [4.78, 5) is 23.5. The third kappa shape index (κ3) is 3.78. The van der Waals surface area contributed by atoms with Crippen molar-refractivity contribution in [1.82, 2.24) is 10.6 Å². The number of ketones is 1. The minimum Gasteiger partial charge on any atom is -0.449 e. The highest BCUT2D eigenvalue weighted by Gasteiger charge is 2.28. The molecule has 5 heteroatoms. The zero-order chi connectivity index (χ0) is 18.5. The number of carbonyl (C=O) groups is 2. The Kier molecular flexibility index (Phi) is 5.68. The standard InChI is InChI=1S/C21H24N2O3/c1-3-20(24)14(2)22-13-23-21(25)26-12-19-17-10-6-4-8-15(17)16-9-5-7-11-18(16)19/h4-11,14,19,22H,3,12-13H2,1-2H3,(H,23,25)/t14-/m0/s1. The quantitative estimate of drug-likeness (QED) is 0.749. The molecule has 1 aliphatic rings. The van der Waals surface area contributed by atoms with Crippen LogP contribution < -0.4 is 10.6 Å². The molecule has 0 unspecified atom stereocenters. The summed E-state index contributed by atoms with van der Waals surface area (Å²) >= 11 is 0. The van der Waals surface area contributed by atoms with Gasteiger partial charge in [-0.15, -0.1) is 0 Å². The van der Waals surface area contributed by atoms with E-state index in [-0.39, 0.29) is 31.0 Å². The number of alkyl carbamates (subject to hydrolysis) is 1. The molecule has 1 aliphatic carbocycles. The van der Waals surface area contributed by atoms with Gasteiger partial charge in [-0.2, -0.15) is 0 Å². The molecular weight excluding hydrogens is 328 g/mol. The molecule has 0 bridgehead atoms. The predicted octanol–water partition coefficient (Wildman–Crippen LogP) is 3.44. The Morgan fingerprint density at radius 2 is 1.62 bits per heavy atom. The fraction of sp³-hybridized carbons (Fsp3) is 0.333. The summed E-state index contributed by atoms with van der Waals surface area (Å²) in [6.07, 6.45) is -0.0189. The second-order valence-electron chi connectivity index (χ2n) is 6.42. The van der Waals surface area contributed by atoms with E-state index >= 15 is 0 Å². The van der Waals surface area contributed by atoms with Crippen molar-refractivity contribution in [2.24, 2.45) is 0 Å². The number of hydrogen-bond donors (Lipinski definition) is 2. The Morgan fingerprint density at radius 3 is 2.19 bits per heavy atom. The number of hydrogen-bond acceptors (Lipinski definition) is 4. The van der Waals surface area contributed by atoms with E-state index in [2.05, 4.69) is 34.9 Å². The molecule has 0 saturated heterocycles. The third-order valence-electron chi connectivity index (χ3n) is 4.82. The van der Waals surface area contributed by atoms with E-state index in [1.807, 2.05) is 31.2 Å². The van der Waals surface area contributed by atoms with Crippen molar-refractivity contribution >= 4 is 11.9 Å². The number of ether oxygens (including phenoxy) is 1. The van der Waals surface area contributed by atoms with Gasteiger partial charge in [0.05, 0.1) is 12.7 Å². The lowest BCUT2D eigenvalue weighted by Gasteiger charge is -2.16. The van der Waals surface area contributed by atoms with Gasteiger partial charge in [0.2, 0.25) is 0 Å². The number of carbonyl (C=O) groups excluding carboxylic acids is 2. The van der Waals surface area contributed by atoms with Crippen molar-refractivity contribution < 1.29 is 14.3 Å². The molecule has 5 nitrogen and oxygen atoms in total. The van der Waals surface area contributed by atoms with E-state index in [4.69, 9.17) is 4.74 Å². The molecule has 1 amide bonds. The molecule has 0 saturated carbocycles. The summed E-state index contributed by atoms with van der Waals surface area (Å²) < 4.78 is 5.43. The second kappa shape index (κ2) is 8.15. The number of nitrogens with one attached hydrogen (secondary N) is 2. The fourth-order valence-electron chi connectivity index (χ4n) is 3.35. The van der Waals surface area contributed by atoms with Gasteiger partial charge in [-0.05, 0) is 29.2 Å². The molecular formula is C21H24N2O3. The van der Waals surface area contributed by atoms with Crippen LogP contribution in [0.25, 0.3) is 11.1 Å². The van der Waals surface area contributed by atoms with Gasteiger partial charge in [0, 0.05) is 12.3 Å². The Bertz CT molecular complexity index is 758. The zero-order valence-corrected chi connectivity index (χ0v) is 15.1. The maximum Gasteiger partial charge on any atom is 0.408 e. The third-order valence-corrected chi connectivity index (χ3v) is 4.82. The average Bonchev–Trinajstić information content (AvgIpc) is 2.99. The van der Waals surface area contributed by atoms with E-state index < -0.39 is 6.09 Å². The maximum absolute atomic E-state index is 12.0. The van der Waals surface area contributed by atoms with Crippen LogP contribution in [0.5, 0.6) is 0 Å². The average molecular weight is 352 g/mol. The molecule has 0 fully saturated rings. The van der Waals surface area contributed by atoms with Gasteiger partial charge in [0.25, 0.3) is 0 Å². The zero-order valence-electron chi connectivity index (χ0n) is 15.1. The van der Waals surface area contributed by atoms with Crippen molar-refractivity contribution in [3.8, 4) is 11.1 Å². The van der Waals surface area contributed by atoms with Crippen molar-refractivity contribution in [3.63, 3.8) is 0 Å². The van der Waals surface area contributed by atoms with Crippen LogP contribution in [0, 0.1) is 0 Å². The van der Waals surface area contributed by atoms with E-state index in [9.17, 15) is 9.59 Å². The second-order valence-corrected chi connectivity index (χ2v) is 6.42. The highest BCUT2D eigenvalue weighted by Crippen LogP contribution is 2.44. The fourth-order valence-corrected chi connectivity index (χ4v) is 3.35. The Labute approximate surface area is 153 Å². The smallest absolute Gasteiger partial charge is 0.408 e. The van der Waals surface area contributed by atoms with Gasteiger partial charge in [-0.1, -0.05) is 55.5 Å². The van der Waals surface area contributed by atoms with Gasteiger partial charge in [0.1, 0.15) is 12.4 Å². The van der Waals surface area contributed by atoms with Gasteiger partial charge in [0.15, 0.2) is 0 Å². The molecule has 1 atom stereocenters. The van der Waals surface area contributed by atoms with Crippen molar-refractivity contribution in [3.05, 3.63) is 59.7 Å². The first-order chi connectivity index (χ1) is 12.6. The molecule has 136 valence electrons. The van der Waals surface area contributed by atoms with Crippen LogP contribution in [0.15, 0.2) is 48.5 Å². The van der Waals surface area contributed by atoms with Crippen LogP contribution >= 0.6 is 0 Å². The molecule has 2 aromatic carbocycles. The Morgan fingerprint density at radius 1 is 1.04 bits per heavy atom. The summed E-state index contributed by atoms with van der Waals surface area (Å²) in [7, 11) is 0. The number of fused-ring (bicyclic) bond motifs is 3. The summed E-state index contributed by atoms with van der Waals surface area (Å²) in [6, 6.07) is 16.2. The number of rotatable bonds is 7. The summed E-state index contributed by atoms with van der Waals surface area (Å²) in [5.41, 5.74) is 4.76. The van der Waals surface area contributed by atoms with Crippen LogP contribution in [0.2, 0.25) is 0 Å². The molecule has 0 aromatic heterocycles. The highest BCUT2D eigenvalue weighted by molar-refractivity contribution is 5.83. The first kappa shape index (κ1) is 18.1. The van der Waals surface area contributed by atoms with Crippen LogP contribution in [0.3, 0.4) is 0 Å². The number of amides is 1. The first-order valence-corrected chi connectivity index (χ1v) is 8.96. The highest BCUT2D eigenvalue weighted by atomic mass is 16.5. The van der Waals surface area contributed by atoms with E-state index in [0.29, 0.717) is 6.42 Å². The van der Waals surface area contributed by atoms with E-state index in [1.54, 1.807) is 6.92 Å². The monoisotopic (exact) mass is 352 g/mol. The molecule has 26 heavy (non-hydrogen) atoms. The van der Waals surface area contributed by atoms with Gasteiger partial charge >= 0.3 is 6.09 Å². The van der Waals surface area contributed by atoms with E-state index in [1.165, 1.54) is 22.3 Å². The van der Waals surface area contributed by atoms with E-state index in [0.717, 1.165) is 0 Å². The van der Waals surface area contributed by atoms with Crippen LogP contribution in [-0.2, 0) is 9.53 Å². The SMILES string of the molecule is CCC(=O)[C@H](C)NCNC(=O)OCC1c2ccccc2-c2ccccc21. The summed E-state index contributed by atoms with van der Waals surface area (Å²) in [5.74, 6) is 0.154. The minimum atomic E-state index is -0.490. The van der Waals surface area contributed by atoms with Crippen LogP contribution in [0.4, 0.5) is 4.79 Å². The molecule has 0 spiro atoms. The van der Waals surface area contributed by atoms with Crippen molar-refractivity contribution in [2.75, 3.05) is 13.3 Å². The van der Waals surface area contributed by atoms with Gasteiger partial charge < -0.3 is 10.1 Å². The Balaban J connectivity index is 1.56. The lowest BCUT2D eigenvalue weighted by atomic mass is 9.98. The summed E-state index contributed by atoms with van der Waals surface area (Å²) in [6.45, 7) is 4.08. The normalized spacial score (nSPS) is 13.6. The molecule has 2 aromatic rings. The molecule has 3 rings (SSSR count). The number of benzene rings is 2. The van der Waals surface area contributed by atoms with Gasteiger partial charge in [-0.3, -0.25) is 10.1 Å². The number of Topliss-reactive ketones (excluding diaryl/α,β-unsaturated/α-hetero) is 1. The first-order valence-electron chi connectivity index (χ1n) is 8.96. The molecule has 2 N–H and O–H groups in total. The minimum absolute atomic E-state index is 0.0432. The van der Waals surface area contributed by atoms with Crippen LogP contribution in [-0.4, -0.2) is 31.2 Å². The van der Waals surface area contributed by atoms with Crippen molar-refractivity contribution in [2.45, 2.75) is 32.2 Å². The lowest BCUT2D eigenvalue weighted by molar-refractivity contribution is -0.120. The Hall–Kier alpha value is -2.66. The summed E-state index contributed by atoms with van der Waals surface area (Å²) in [5, 5.41) is 5.60. The largest absolute Gasteiger partial charge is 0.449 e. The van der Waals surface area contributed by atoms with Crippen molar-refractivity contribution in [1.29, 1.82) is 0 Å². The predicted molar refractivity (Wildman–Crippen MR) is 101 cm³/mol. The van der Waals surface area contributed by atoms with Gasteiger partial charge in [-0.25, -0.2) is 4.79 Å². The molecule has 0 radical (unpaired) electrons. The topological polar surface area (TPSA) is 67.4 Å². The molecule has 0 heterocycles. The molecule has 0 aliphatic heterocycles. The lowest BCUT2D eigenvalue weighted by Crippen LogP contribution is -2.42. The maximum atomic E-state index is 12.0. The van der Waals surface area contributed by atoms with Crippen LogP contribution in [0.1, 0.15) is 37.3 Å².